The van der Waals surface area contributed by atoms with Gasteiger partial charge >= 0.3 is 41.5 Å². The Kier molecular flexibility index (Phi) is 11.3. The number of aliphatic carboxylic acids is 2. The fourth-order valence-corrected chi connectivity index (χ4v) is 1.99. The molecule has 0 aliphatic heterocycles. The van der Waals surface area contributed by atoms with E-state index in [0.717, 1.165) is 19.3 Å². The van der Waals surface area contributed by atoms with Crippen LogP contribution in [0.2, 0.25) is 0 Å². The summed E-state index contributed by atoms with van der Waals surface area (Å²) in [5, 5.41) is 17.9. The summed E-state index contributed by atoms with van der Waals surface area (Å²) in [5.41, 5.74) is 0. The van der Waals surface area contributed by atoms with Crippen molar-refractivity contribution in [1.82, 2.24) is 0 Å². The summed E-state index contributed by atoms with van der Waals surface area (Å²) in [6.45, 7) is 5.83. The molecule has 17 heavy (non-hydrogen) atoms. The van der Waals surface area contributed by atoms with E-state index in [4.69, 9.17) is 10.2 Å². The van der Waals surface area contributed by atoms with Crippen molar-refractivity contribution in [3.63, 3.8) is 0 Å². The molecule has 0 heterocycles. The van der Waals surface area contributed by atoms with Crippen LogP contribution < -0.4 is 0 Å². The minimum absolute atomic E-state index is 0. The summed E-state index contributed by atoms with van der Waals surface area (Å²) in [6.07, 6.45) is 3.65. The number of hydrogen-bond donors (Lipinski definition) is 2. The van der Waals surface area contributed by atoms with Crippen molar-refractivity contribution in [2.45, 2.75) is 46.5 Å². The fourth-order valence-electron chi connectivity index (χ4n) is 1.99. The van der Waals surface area contributed by atoms with E-state index >= 15 is 0 Å². The van der Waals surface area contributed by atoms with Gasteiger partial charge in [-0.1, -0.05) is 40.0 Å². The molecular formula is C12H23NaO4. The molecule has 0 aromatic heterocycles. The van der Waals surface area contributed by atoms with Crippen molar-refractivity contribution in [3.8, 4) is 0 Å². The van der Waals surface area contributed by atoms with Gasteiger partial charge in [0.2, 0.25) is 0 Å². The van der Waals surface area contributed by atoms with Crippen molar-refractivity contribution in [3.05, 3.63) is 0 Å². The number of hydrogen-bond acceptors (Lipinski definition) is 2. The first-order valence-corrected chi connectivity index (χ1v) is 5.87. The van der Waals surface area contributed by atoms with E-state index in [2.05, 4.69) is 6.92 Å². The van der Waals surface area contributed by atoms with E-state index < -0.39 is 17.9 Å². The van der Waals surface area contributed by atoms with Crippen molar-refractivity contribution >= 4 is 41.5 Å². The van der Waals surface area contributed by atoms with Crippen molar-refractivity contribution in [2.75, 3.05) is 0 Å². The molecule has 0 spiro atoms. The predicted octanol–water partition coefficient (Wildman–Crippen LogP) is 1.98. The Balaban J connectivity index is 0. The molecular weight excluding hydrogens is 231 g/mol. The zero-order valence-electron chi connectivity index (χ0n) is 10.3. The van der Waals surface area contributed by atoms with Crippen LogP contribution in [0.15, 0.2) is 0 Å². The molecule has 0 aromatic carbocycles. The summed E-state index contributed by atoms with van der Waals surface area (Å²) < 4.78 is 0. The Morgan fingerprint density at radius 2 is 1.53 bits per heavy atom. The van der Waals surface area contributed by atoms with Gasteiger partial charge < -0.3 is 10.2 Å². The summed E-state index contributed by atoms with van der Waals surface area (Å²) in [4.78, 5) is 21.9. The molecule has 2 N–H and O–H groups in total. The van der Waals surface area contributed by atoms with Crippen LogP contribution >= 0.6 is 0 Å². The summed E-state index contributed by atoms with van der Waals surface area (Å²) in [5.74, 6) is -3.90. The third-order valence-electron chi connectivity index (χ3n) is 2.96. The molecule has 0 saturated carbocycles. The molecule has 1 atom stereocenters. The fraction of sp³-hybridized carbons (Fsp3) is 0.833. The number of rotatable bonds is 8. The molecule has 0 saturated heterocycles. The third kappa shape index (κ3) is 7.06. The molecule has 5 heteroatoms. The molecule has 1 unspecified atom stereocenters. The summed E-state index contributed by atoms with van der Waals surface area (Å²) in [6, 6.07) is 0. The maximum absolute atomic E-state index is 10.9. The molecule has 0 aliphatic carbocycles. The van der Waals surface area contributed by atoms with Gasteiger partial charge in [0, 0.05) is 0 Å². The SMILES string of the molecule is CCCCCC(C(C)C)C(C(=O)O)C(=O)O.[NaH]. The maximum atomic E-state index is 10.9. The first kappa shape index (κ1) is 19.3. The van der Waals surface area contributed by atoms with Crippen LogP contribution in [0.3, 0.4) is 0 Å². The van der Waals surface area contributed by atoms with Gasteiger partial charge in [-0.2, -0.15) is 0 Å². The van der Waals surface area contributed by atoms with Gasteiger partial charge in [-0.15, -0.1) is 0 Å². The van der Waals surface area contributed by atoms with Gasteiger partial charge in [0.1, 0.15) is 0 Å². The summed E-state index contributed by atoms with van der Waals surface area (Å²) >= 11 is 0. The van der Waals surface area contributed by atoms with Crippen molar-refractivity contribution in [1.29, 1.82) is 0 Å². The van der Waals surface area contributed by atoms with E-state index in [-0.39, 0.29) is 41.4 Å². The molecule has 0 radical (unpaired) electrons. The topological polar surface area (TPSA) is 74.6 Å². The van der Waals surface area contributed by atoms with E-state index in [9.17, 15) is 9.59 Å². The van der Waals surface area contributed by atoms with Gasteiger partial charge in [0.05, 0.1) is 0 Å². The van der Waals surface area contributed by atoms with Crippen LogP contribution in [0.4, 0.5) is 0 Å². The number of carboxylic acids is 2. The molecule has 0 amide bonds. The van der Waals surface area contributed by atoms with Crippen LogP contribution in [0, 0.1) is 17.8 Å². The Labute approximate surface area is 125 Å². The average Bonchev–Trinajstić information content (AvgIpc) is 2.14. The van der Waals surface area contributed by atoms with Crippen LogP contribution in [-0.4, -0.2) is 51.7 Å². The molecule has 4 nitrogen and oxygen atoms in total. The standard InChI is InChI=1S/C12H22O4.Na.H/c1-4-5-6-7-9(8(2)3)10(11(13)14)12(15)16;;/h8-10H,4-7H2,1-3H3,(H,13,14)(H,15,16);;. The minimum atomic E-state index is -1.27. The second-order valence-electron chi connectivity index (χ2n) is 4.56. The van der Waals surface area contributed by atoms with Gasteiger partial charge in [0.25, 0.3) is 0 Å². The summed E-state index contributed by atoms with van der Waals surface area (Å²) in [7, 11) is 0. The van der Waals surface area contributed by atoms with Crippen molar-refractivity contribution < 1.29 is 19.8 Å². The van der Waals surface area contributed by atoms with E-state index in [1.54, 1.807) is 0 Å². The average molecular weight is 254 g/mol. The molecule has 0 rings (SSSR count). The van der Waals surface area contributed by atoms with Crippen LogP contribution in [0.1, 0.15) is 46.5 Å². The third-order valence-corrected chi connectivity index (χ3v) is 2.96. The van der Waals surface area contributed by atoms with Crippen molar-refractivity contribution in [2.24, 2.45) is 17.8 Å². The van der Waals surface area contributed by atoms with Crippen LogP contribution in [0.25, 0.3) is 0 Å². The first-order valence-electron chi connectivity index (χ1n) is 5.87. The normalized spacial score (nSPS) is 12.3. The first-order chi connectivity index (χ1) is 7.41. The van der Waals surface area contributed by atoms with Gasteiger partial charge in [-0.3, -0.25) is 9.59 Å². The van der Waals surface area contributed by atoms with Crippen LogP contribution in [-0.2, 0) is 9.59 Å². The Hall–Kier alpha value is -0.0600. The zero-order chi connectivity index (χ0) is 12.7. The van der Waals surface area contributed by atoms with E-state index in [1.165, 1.54) is 0 Å². The predicted molar refractivity (Wildman–Crippen MR) is 68.4 cm³/mol. The molecule has 0 bridgehead atoms. The Bertz CT molecular complexity index is 227. The van der Waals surface area contributed by atoms with Gasteiger partial charge in [-0.05, 0) is 18.3 Å². The molecule has 96 valence electrons. The Morgan fingerprint density at radius 3 is 1.82 bits per heavy atom. The second kappa shape index (κ2) is 9.92. The van der Waals surface area contributed by atoms with Crippen LogP contribution in [0.5, 0.6) is 0 Å². The zero-order valence-corrected chi connectivity index (χ0v) is 10.3. The quantitative estimate of drug-likeness (QED) is 0.394. The number of carbonyl (C=O) groups is 2. The van der Waals surface area contributed by atoms with E-state index in [0.29, 0.717) is 6.42 Å². The van der Waals surface area contributed by atoms with Gasteiger partial charge in [0.15, 0.2) is 5.92 Å². The second-order valence-corrected chi connectivity index (χ2v) is 4.56. The molecule has 0 aliphatic rings. The molecule has 0 fully saturated rings. The number of carboxylic acid groups (broad SMARTS) is 2. The van der Waals surface area contributed by atoms with Gasteiger partial charge in [-0.25, -0.2) is 0 Å². The monoisotopic (exact) mass is 254 g/mol. The number of unbranched alkanes of at least 4 members (excludes halogenated alkanes) is 2. The molecule has 0 aromatic rings. The van der Waals surface area contributed by atoms with E-state index in [1.807, 2.05) is 13.8 Å². The Morgan fingerprint density at radius 1 is 1.06 bits per heavy atom.